The molecule has 2 aromatic carbocycles. The molecule has 6 nitrogen and oxygen atoms in total. The van der Waals surface area contributed by atoms with Crippen molar-refractivity contribution in [2.24, 2.45) is 0 Å². The molecule has 0 atom stereocenters. The van der Waals surface area contributed by atoms with Gasteiger partial charge in [0, 0.05) is 22.1 Å². The maximum atomic E-state index is 11.9. The number of amides is 1. The fourth-order valence-corrected chi connectivity index (χ4v) is 2.44. The molecule has 0 aliphatic carbocycles. The zero-order valence-corrected chi connectivity index (χ0v) is 14.5. The fourth-order valence-electron chi connectivity index (χ4n) is 2.18. The Hall–Kier alpha value is -2.54. The fraction of sp³-hybridized carbons (Fsp3) is 0.176. The number of tetrazole rings is 1. The molecule has 0 aliphatic heterocycles. The number of carbonyl (C=O) groups excluding carboxylic acids is 1. The first-order valence-electron chi connectivity index (χ1n) is 7.59. The second kappa shape index (κ2) is 7.83. The highest BCUT2D eigenvalue weighted by Crippen LogP contribution is 2.15. The minimum absolute atomic E-state index is 0.0271. The number of aromatic nitrogens is 4. The van der Waals surface area contributed by atoms with Gasteiger partial charge in [0.25, 0.3) is 0 Å². The van der Waals surface area contributed by atoms with Crippen molar-refractivity contribution in [2.75, 3.05) is 5.32 Å². The van der Waals surface area contributed by atoms with E-state index in [0.29, 0.717) is 25.2 Å². The molecule has 0 saturated heterocycles. The maximum Gasteiger partial charge on any atom is 0.224 e. The van der Waals surface area contributed by atoms with Crippen molar-refractivity contribution in [3.05, 3.63) is 59.1 Å². The van der Waals surface area contributed by atoms with E-state index in [1.807, 2.05) is 54.6 Å². The van der Waals surface area contributed by atoms with Gasteiger partial charge < -0.3 is 5.32 Å². The van der Waals surface area contributed by atoms with E-state index < -0.39 is 0 Å². The quantitative estimate of drug-likeness (QED) is 0.704. The van der Waals surface area contributed by atoms with E-state index in [-0.39, 0.29) is 5.91 Å². The number of halogens is 1. The molecule has 0 aliphatic rings. The van der Waals surface area contributed by atoms with Crippen LogP contribution in [-0.4, -0.2) is 26.1 Å². The third kappa shape index (κ3) is 4.48. The van der Waals surface area contributed by atoms with Crippen molar-refractivity contribution in [1.29, 1.82) is 0 Å². The lowest BCUT2D eigenvalue weighted by molar-refractivity contribution is -0.116. The summed E-state index contributed by atoms with van der Waals surface area (Å²) in [6, 6.07) is 17.2. The summed E-state index contributed by atoms with van der Waals surface area (Å²) in [5, 5.41) is 15.2. The summed E-state index contributed by atoms with van der Waals surface area (Å²) in [4.78, 5) is 13.4. The Kier molecular flexibility index (Phi) is 5.32. The number of carbonyl (C=O) groups is 1. The summed E-state index contributed by atoms with van der Waals surface area (Å²) in [5.41, 5.74) is 1.71. The van der Waals surface area contributed by atoms with Crippen LogP contribution in [0, 0.1) is 0 Å². The molecular formula is C17H16BrN5O. The van der Waals surface area contributed by atoms with Crippen LogP contribution in [0.1, 0.15) is 12.8 Å². The minimum Gasteiger partial charge on any atom is -0.326 e. The van der Waals surface area contributed by atoms with Crippen molar-refractivity contribution in [1.82, 2.24) is 20.2 Å². The van der Waals surface area contributed by atoms with Crippen LogP contribution in [0.3, 0.4) is 0 Å². The maximum absolute atomic E-state index is 11.9. The number of nitrogens with zero attached hydrogens (tertiary/aromatic N) is 4. The van der Waals surface area contributed by atoms with Gasteiger partial charge in [0.2, 0.25) is 11.7 Å². The summed E-state index contributed by atoms with van der Waals surface area (Å²) in [6.45, 7) is 0.549. The molecule has 0 radical (unpaired) electrons. The predicted molar refractivity (Wildman–Crippen MR) is 95.3 cm³/mol. The topological polar surface area (TPSA) is 72.7 Å². The first-order chi connectivity index (χ1) is 11.7. The first-order valence-corrected chi connectivity index (χ1v) is 8.39. The average molecular weight is 386 g/mol. The molecule has 0 bridgehead atoms. The molecule has 0 saturated carbocycles. The number of anilines is 1. The monoisotopic (exact) mass is 385 g/mol. The normalized spacial score (nSPS) is 10.5. The Morgan fingerprint density at radius 3 is 2.58 bits per heavy atom. The van der Waals surface area contributed by atoms with Gasteiger partial charge in [-0.05, 0) is 35.9 Å². The van der Waals surface area contributed by atoms with E-state index >= 15 is 0 Å². The highest BCUT2D eigenvalue weighted by atomic mass is 79.9. The number of aryl methyl sites for hydroxylation is 1. The lowest BCUT2D eigenvalue weighted by Gasteiger charge is -2.04. The molecule has 0 fully saturated rings. The Bertz CT molecular complexity index is 801. The number of rotatable bonds is 6. The Morgan fingerprint density at radius 2 is 1.83 bits per heavy atom. The van der Waals surface area contributed by atoms with Gasteiger partial charge in [-0.15, -0.1) is 10.2 Å². The lowest BCUT2D eigenvalue weighted by Crippen LogP contribution is -2.13. The summed E-state index contributed by atoms with van der Waals surface area (Å²) in [6.07, 6.45) is 1.05. The van der Waals surface area contributed by atoms with E-state index in [1.54, 1.807) is 0 Å². The molecule has 1 N–H and O–H groups in total. The third-order valence-electron chi connectivity index (χ3n) is 3.37. The minimum atomic E-state index is -0.0271. The summed E-state index contributed by atoms with van der Waals surface area (Å²) in [7, 11) is 0. The van der Waals surface area contributed by atoms with Crippen molar-refractivity contribution in [3.8, 4) is 11.4 Å². The molecule has 122 valence electrons. The zero-order chi connectivity index (χ0) is 16.8. The number of benzene rings is 2. The highest BCUT2D eigenvalue weighted by Gasteiger charge is 2.07. The molecule has 3 aromatic rings. The summed E-state index contributed by atoms with van der Waals surface area (Å²) < 4.78 is 0.979. The second-order valence-electron chi connectivity index (χ2n) is 5.23. The molecule has 7 heteroatoms. The number of nitrogens with one attached hydrogen (secondary N) is 1. The van der Waals surface area contributed by atoms with Crippen LogP contribution in [0.25, 0.3) is 11.4 Å². The molecule has 1 heterocycles. The molecule has 1 aromatic heterocycles. The SMILES string of the molecule is O=C(CCCn1nnc(-c2ccccc2)n1)Nc1ccc(Br)cc1. The van der Waals surface area contributed by atoms with Gasteiger partial charge in [-0.1, -0.05) is 46.3 Å². The average Bonchev–Trinajstić information content (AvgIpc) is 3.07. The van der Waals surface area contributed by atoms with Crippen molar-refractivity contribution in [2.45, 2.75) is 19.4 Å². The van der Waals surface area contributed by atoms with E-state index in [2.05, 4.69) is 36.7 Å². The van der Waals surface area contributed by atoms with Crippen LogP contribution in [-0.2, 0) is 11.3 Å². The van der Waals surface area contributed by atoms with Crippen LogP contribution in [0.4, 0.5) is 5.69 Å². The first kappa shape index (κ1) is 16.3. The highest BCUT2D eigenvalue weighted by molar-refractivity contribution is 9.10. The van der Waals surface area contributed by atoms with Crippen molar-refractivity contribution in [3.63, 3.8) is 0 Å². The molecule has 24 heavy (non-hydrogen) atoms. The number of hydrogen-bond acceptors (Lipinski definition) is 4. The Balaban J connectivity index is 1.47. The van der Waals surface area contributed by atoms with Crippen LogP contribution < -0.4 is 5.32 Å². The zero-order valence-electron chi connectivity index (χ0n) is 12.9. The van der Waals surface area contributed by atoms with Crippen molar-refractivity contribution >= 4 is 27.5 Å². The van der Waals surface area contributed by atoms with E-state index in [1.165, 1.54) is 4.80 Å². The Labute approximate surface area is 148 Å². The molecular weight excluding hydrogens is 370 g/mol. The van der Waals surface area contributed by atoms with Crippen LogP contribution >= 0.6 is 15.9 Å². The predicted octanol–water partition coefficient (Wildman–Crippen LogP) is 3.52. The van der Waals surface area contributed by atoms with Gasteiger partial charge in [-0.3, -0.25) is 4.79 Å². The van der Waals surface area contributed by atoms with Crippen LogP contribution in [0.5, 0.6) is 0 Å². The van der Waals surface area contributed by atoms with E-state index in [0.717, 1.165) is 15.7 Å². The van der Waals surface area contributed by atoms with E-state index in [9.17, 15) is 4.79 Å². The molecule has 0 spiro atoms. The van der Waals surface area contributed by atoms with Crippen LogP contribution in [0.2, 0.25) is 0 Å². The molecule has 1 amide bonds. The lowest BCUT2D eigenvalue weighted by atomic mass is 10.2. The largest absolute Gasteiger partial charge is 0.326 e. The van der Waals surface area contributed by atoms with Gasteiger partial charge in [-0.2, -0.15) is 4.80 Å². The summed E-state index contributed by atoms with van der Waals surface area (Å²) >= 11 is 3.36. The van der Waals surface area contributed by atoms with Crippen LogP contribution in [0.15, 0.2) is 59.1 Å². The summed E-state index contributed by atoms with van der Waals surface area (Å²) in [5.74, 6) is 0.565. The van der Waals surface area contributed by atoms with Gasteiger partial charge in [-0.25, -0.2) is 0 Å². The second-order valence-corrected chi connectivity index (χ2v) is 6.15. The van der Waals surface area contributed by atoms with E-state index in [4.69, 9.17) is 0 Å². The van der Waals surface area contributed by atoms with Crippen molar-refractivity contribution < 1.29 is 4.79 Å². The standard InChI is InChI=1S/C17H16BrN5O/c18-14-8-10-15(11-9-14)19-16(24)7-4-12-23-21-17(20-22-23)13-5-2-1-3-6-13/h1-3,5-6,8-11H,4,7,12H2,(H,19,24). The van der Waals surface area contributed by atoms with Gasteiger partial charge in [0.1, 0.15) is 0 Å². The van der Waals surface area contributed by atoms with Gasteiger partial charge >= 0.3 is 0 Å². The number of hydrogen-bond donors (Lipinski definition) is 1. The smallest absolute Gasteiger partial charge is 0.224 e. The molecule has 0 unspecified atom stereocenters. The third-order valence-corrected chi connectivity index (χ3v) is 3.90. The van der Waals surface area contributed by atoms with Gasteiger partial charge in [0.05, 0.1) is 6.54 Å². The Morgan fingerprint density at radius 1 is 1.08 bits per heavy atom. The van der Waals surface area contributed by atoms with Gasteiger partial charge in [0.15, 0.2) is 0 Å². The molecule has 3 rings (SSSR count).